The van der Waals surface area contributed by atoms with Crippen molar-refractivity contribution in [2.45, 2.75) is 26.3 Å². The van der Waals surface area contributed by atoms with E-state index in [9.17, 15) is 0 Å². The van der Waals surface area contributed by atoms with Crippen LogP contribution in [-0.2, 0) is 6.42 Å². The standard InChI is InChI=1S/C19H21NS/c1-3-14-8-7-9-15(12-14)19(20-4-2)17-13-21-18-11-6-5-10-16(17)18/h5-13,19-20H,3-4H2,1-2H3. The average molecular weight is 295 g/mol. The smallest absolute Gasteiger partial charge is 0.0591 e. The fraction of sp³-hybridized carbons (Fsp3) is 0.263. The molecule has 0 saturated heterocycles. The van der Waals surface area contributed by atoms with Crippen molar-refractivity contribution in [1.29, 1.82) is 0 Å². The number of nitrogens with one attached hydrogen (secondary N) is 1. The third-order valence-electron chi connectivity index (χ3n) is 3.92. The van der Waals surface area contributed by atoms with Crippen LogP contribution in [0.3, 0.4) is 0 Å². The van der Waals surface area contributed by atoms with E-state index in [-0.39, 0.29) is 6.04 Å². The maximum Gasteiger partial charge on any atom is 0.0591 e. The van der Waals surface area contributed by atoms with Crippen molar-refractivity contribution in [3.8, 4) is 0 Å². The molecule has 1 aromatic heterocycles. The number of benzene rings is 2. The molecular weight excluding hydrogens is 274 g/mol. The van der Waals surface area contributed by atoms with Crippen molar-refractivity contribution in [1.82, 2.24) is 5.32 Å². The summed E-state index contributed by atoms with van der Waals surface area (Å²) in [6.45, 7) is 5.35. The molecule has 0 amide bonds. The molecule has 2 aromatic carbocycles. The second kappa shape index (κ2) is 6.42. The molecule has 0 radical (unpaired) electrons. The lowest BCUT2D eigenvalue weighted by Gasteiger charge is -2.19. The molecule has 0 aliphatic rings. The van der Waals surface area contributed by atoms with E-state index in [1.165, 1.54) is 26.8 Å². The molecule has 0 saturated carbocycles. The monoisotopic (exact) mass is 295 g/mol. The predicted octanol–water partition coefficient (Wildman–Crippen LogP) is 5.16. The van der Waals surface area contributed by atoms with Crippen LogP contribution in [0.2, 0.25) is 0 Å². The van der Waals surface area contributed by atoms with E-state index in [1.54, 1.807) is 0 Å². The lowest BCUT2D eigenvalue weighted by atomic mass is 9.96. The summed E-state index contributed by atoms with van der Waals surface area (Å²) in [7, 11) is 0. The summed E-state index contributed by atoms with van der Waals surface area (Å²) in [6, 6.07) is 17.9. The number of hydrogen-bond acceptors (Lipinski definition) is 2. The molecule has 0 fully saturated rings. The fourth-order valence-electron chi connectivity index (χ4n) is 2.83. The number of rotatable bonds is 5. The SMILES string of the molecule is CCNC(c1cccc(CC)c1)c1csc2ccccc12. The Hall–Kier alpha value is -1.64. The van der Waals surface area contributed by atoms with Crippen molar-refractivity contribution >= 4 is 21.4 Å². The van der Waals surface area contributed by atoms with Gasteiger partial charge in [0.05, 0.1) is 6.04 Å². The minimum atomic E-state index is 0.276. The van der Waals surface area contributed by atoms with E-state index in [0.717, 1.165) is 13.0 Å². The van der Waals surface area contributed by atoms with Gasteiger partial charge in [0, 0.05) is 4.70 Å². The summed E-state index contributed by atoms with van der Waals surface area (Å²) in [5, 5.41) is 7.32. The Balaban J connectivity index is 2.08. The van der Waals surface area contributed by atoms with Crippen molar-refractivity contribution in [2.75, 3.05) is 6.54 Å². The zero-order valence-corrected chi connectivity index (χ0v) is 13.4. The molecule has 1 heterocycles. The summed E-state index contributed by atoms with van der Waals surface area (Å²) in [6.07, 6.45) is 1.08. The molecular formula is C19H21NS. The fourth-order valence-corrected chi connectivity index (χ4v) is 3.81. The van der Waals surface area contributed by atoms with Crippen molar-refractivity contribution in [3.63, 3.8) is 0 Å². The zero-order valence-electron chi connectivity index (χ0n) is 12.6. The Labute approximate surface area is 130 Å². The summed E-state index contributed by atoms with van der Waals surface area (Å²) in [5.41, 5.74) is 4.15. The van der Waals surface area contributed by atoms with Gasteiger partial charge in [-0.15, -0.1) is 11.3 Å². The minimum Gasteiger partial charge on any atom is -0.306 e. The van der Waals surface area contributed by atoms with Crippen LogP contribution in [0, 0.1) is 0 Å². The lowest BCUT2D eigenvalue weighted by molar-refractivity contribution is 0.635. The van der Waals surface area contributed by atoms with Gasteiger partial charge in [0.15, 0.2) is 0 Å². The first-order chi connectivity index (χ1) is 10.3. The van der Waals surface area contributed by atoms with Crippen LogP contribution in [0.25, 0.3) is 10.1 Å². The van der Waals surface area contributed by atoms with Crippen molar-refractivity contribution in [2.24, 2.45) is 0 Å². The second-order valence-electron chi connectivity index (χ2n) is 5.28. The molecule has 0 spiro atoms. The van der Waals surface area contributed by atoms with E-state index >= 15 is 0 Å². The number of aryl methyl sites for hydroxylation is 1. The molecule has 0 aliphatic heterocycles. The minimum absolute atomic E-state index is 0.276. The molecule has 2 heteroatoms. The van der Waals surface area contributed by atoms with Gasteiger partial charge < -0.3 is 5.32 Å². The van der Waals surface area contributed by atoms with Crippen LogP contribution in [0.4, 0.5) is 0 Å². The van der Waals surface area contributed by atoms with Crippen molar-refractivity contribution < 1.29 is 0 Å². The van der Waals surface area contributed by atoms with Crippen LogP contribution < -0.4 is 5.32 Å². The number of hydrogen-bond donors (Lipinski definition) is 1. The Morgan fingerprint density at radius 1 is 1.05 bits per heavy atom. The Kier molecular flexibility index (Phi) is 4.37. The molecule has 0 bridgehead atoms. The molecule has 3 aromatic rings. The highest BCUT2D eigenvalue weighted by molar-refractivity contribution is 7.17. The van der Waals surface area contributed by atoms with Gasteiger partial charge in [0.25, 0.3) is 0 Å². The number of thiophene rings is 1. The normalized spacial score (nSPS) is 12.7. The van der Waals surface area contributed by atoms with E-state index in [1.807, 2.05) is 11.3 Å². The molecule has 1 nitrogen and oxygen atoms in total. The first-order valence-corrected chi connectivity index (χ1v) is 8.49. The highest BCUT2D eigenvalue weighted by Crippen LogP contribution is 2.33. The Morgan fingerprint density at radius 3 is 2.71 bits per heavy atom. The molecule has 0 aliphatic carbocycles. The molecule has 1 unspecified atom stereocenters. The molecule has 1 atom stereocenters. The van der Waals surface area contributed by atoms with Gasteiger partial charge in [0.2, 0.25) is 0 Å². The van der Waals surface area contributed by atoms with Crippen LogP contribution in [0.5, 0.6) is 0 Å². The second-order valence-corrected chi connectivity index (χ2v) is 6.19. The summed E-state index contributed by atoms with van der Waals surface area (Å²) < 4.78 is 1.36. The molecule has 1 N–H and O–H groups in total. The van der Waals surface area contributed by atoms with Crippen LogP contribution >= 0.6 is 11.3 Å². The molecule has 21 heavy (non-hydrogen) atoms. The zero-order chi connectivity index (χ0) is 14.7. The third kappa shape index (κ3) is 2.87. The average Bonchev–Trinajstić information content (AvgIpc) is 2.96. The van der Waals surface area contributed by atoms with Gasteiger partial charge in [-0.2, -0.15) is 0 Å². The predicted molar refractivity (Wildman–Crippen MR) is 93.2 cm³/mol. The van der Waals surface area contributed by atoms with E-state index in [0.29, 0.717) is 0 Å². The van der Waals surface area contributed by atoms with Crippen molar-refractivity contribution in [3.05, 3.63) is 70.6 Å². The van der Waals surface area contributed by atoms with Gasteiger partial charge in [-0.3, -0.25) is 0 Å². The summed E-state index contributed by atoms with van der Waals surface area (Å²) >= 11 is 1.83. The summed E-state index contributed by atoms with van der Waals surface area (Å²) in [5.74, 6) is 0. The van der Waals surface area contributed by atoms with Gasteiger partial charge in [-0.25, -0.2) is 0 Å². The van der Waals surface area contributed by atoms with Gasteiger partial charge in [-0.05, 0) is 46.5 Å². The largest absolute Gasteiger partial charge is 0.306 e. The maximum atomic E-state index is 3.65. The quantitative estimate of drug-likeness (QED) is 0.685. The molecule has 108 valence electrons. The maximum absolute atomic E-state index is 3.65. The topological polar surface area (TPSA) is 12.0 Å². The molecule has 3 rings (SSSR count). The summed E-state index contributed by atoms with van der Waals surface area (Å²) in [4.78, 5) is 0. The van der Waals surface area contributed by atoms with Gasteiger partial charge in [-0.1, -0.05) is 56.3 Å². The number of fused-ring (bicyclic) bond motifs is 1. The Morgan fingerprint density at radius 2 is 1.90 bits per heavy atom. The van der Waals surface area contributed by atoms with Crippen LogP contribution in [0.15, 0.2) is 53.9 Å². The highest BCUT2D eigenvalue weighted by Gasteiger charge is 2.17. The first kappa shape index (κ1) is 14.3. The highest BCUT2D eigenvalue weighted by atomic mass is 32.1. The Bertz CT molecular complexity index is 729. The van der Waals surface area contributed by atoms with E-state index in [2.05, 4.69) is 73.1 Å². The third-order valence-corrected chi connectivity index (χ3v) is 4.90. The van der Waals surface area contributed by atoms with Crippen LogP contribution in [0.1, 0.15) is 36.6 Å². The first-order valence-electron chi connectivity index (χ1n) is 7.61. The van der Waals surface area contributed by atoms with Crippen LogP contribution in [-0.4, -0.2) is 6.54 Å². The van der Waals surface area contributed by atoms with Gasteiger partial charge >= 0.3 is 0 Å². The lowest BCUT2D eigenvalue weighted by Crippen LogP contribution is -2.21. The van der Waals surface area contributed by atoms with E-state index in [4.69, 9.17) is 0 Å². The van der Waals surface area contributed by atoms with E-state index < -0.39 is 0 Å². The van der Waals surface area contributed by atoms with Gasteiger partial charge in [0.1, 0.15) is 0 Å².